The highest BCUT2D eigenvalue weighted by Crippen LogP contribution is 2.35. The molecule has 0 aliphatic carbocycles. The number of rotatable bonds is 5. The van der Waals surface area contributed by atoms with Crippen LogP contribution in [-0.2, 0) is 6.18 Å². The van der Waals surface area contributed by atoms with Crippen molar-refractivity contribution in [2.45, 2.75) is 32.5 Å². The van der Waals surface area contributed by atoms with Gasteiger partial charge in [-0.2, -0.15) is 23.4 Å². The minimum Gasteiger partial charge on any atom is -0.488 e. The van der Waals surface area contributed by atoms with Crippen LogP contribution in [0.3, 0.4) is 0 Å². The minimum atomic E-state index is -4.64. The molecule has 0 spiro atoms. The first-order chi connectivity index (χ1) is 14.5. The first-order valence-electron chi connectivity index (χ1n) is 9.31. The van der Waals surface area contributed by atoms with Crippen LogP contribution in [0.15, 0.2) is 54.7 Å². The van der Waals surface area contributed by atoms with Crippen LogP contribution in [0.4, 0.5) is 36.3 Å². The van der Waals surface area contributed by atoms with Crippen molar-refractivity contribution in [1.29, 1.82) is 5.26 Å². The third-order valence-corrected chi connectivity index (χ3v) is 3.91. The molecule has 0 saturated heterocycles. The van der Waals surface area contributed by atoms with Gasteiger partial charge in [0.05, 0.1) is 11.6 Å². The smallest absolute Gasteiger partial charge is 0.421 e. The Balaban J connectivity index is 1.84. The van der Waals surface area contributed by atoms with E-state index < -0.39 is 17.6 Å². The summed E-state index contributed by atoms with van der Waals surface area (Å²) in [6.07, 6.45) is -3.92. The van der Waals surface area contributed by atoms with Gasteiger partial charge in [0, 0.05) is 17.6 Å². The fourth-order valence-electron chi connectivity index (χ4n) is 2.60. The van der Waals surface area contributed by atoms with Crippen LogP contribution in [0.25, 0.3) is 0 Å². The van der Waals surface area contributed by atoms with Gasteiger partial charge in [-0.15, -0.1) is 0 Å². The molecule has 0 amide bonds. The molecule has 0 saturated carbocycles. The zero-order valence-corrected chi connectivity index (χ0v) is 17.1. The summed E-state index contributed by atoms with van der Waals surface area (Å²) in [4.78, 5) is 7.80. The fraction of sp³-hybridized carbons (Fsp3) is 0.227. The maximum atomic E-state index is 13.4. The first kappa shape index (κ1) is 21.9. The van der Waals surface area contributed by atoms with Crippen molar-refractivity contribution >= 4 is 23.1 Å². The van der Waals surface area contributed by atoms with Crippen molar-refractivity contribution in [3.05, 3.63) is 65.9 Å². The average Bonchev–Trinajstić information content (AvgIpc) is 2.68. The largest absolute Gasteiger partial charge is 0.488 e. The Hall–Kier alpha value is -3.80. The van der Waals surface area contributed by atoms with Gasteiger partial charge in [0.15, 0.2) is 0 Å². The van der Waals surface area contributed by atoms with Crippen LogP contribution in [-0.4, -0.2) is 15.6 Å². The highest BCUT2D eigenvalue weighted by Gasteiger charge is 2.35. The maximum Gasteiger partial charge on any atom is 0.421 e. The van der Waals surface area contributed by atoms with Gasteiger partial charge in [-0.05, 0) is 69.3 Å². The van der Waals surface area contributed by atoms with Crippen molar-refractivity contribution in [3.8, 4) is 11.8 Å². The third kappa shape index (κ3) is 6.09. The van der Waals surface area contributed by atoms with Gasteiger partial charge in [0.25, 0.3) is 0 Å². The van der Waals surface area contributed by atoms with Crippen LogP contribution in [0, 0.1) is 11.3 Å². The monoisotopic (exact) mass is 427 g/mol. The third-order valence-electron chi connectivity index (χ3n) is 3.91. The predicted molar refractivity (Wildman–Crippen MR) is 112 cm³/mol. The zero-order valence-electron chi connectivity index (χ0n) is 17.1. The van der Waals surface area contributed by atoms with E-state index in [1.165, 1.54) is 24.3 Å². The van der Waals surface area contributed by atoms with Crippen molar-refractivity contribution in [1.82, 2.24) is 9.97 Å². The van der Waals surface area contributed by atoms with Crippen LogP contribution >= 0.6 is 0 Å². The zero-order chi connectivity index (χ0) is 22.6. The van der Waals surface area contributed by atoms with Crippen molar-refractivity contribution in [3.63, 3.8) is 0 Å². The topological polar surface area (TPSA) is 82.9 Å². The summed E-state index contributed by atoms with van der Waals surface area (Å²) in [5.41, 5.74) is -0.0117. The molecule has 1 aromatic heterocycles. The summed E-state index contributed by atoms with van der Waals surface area (Å²) in [7, 11) is 0. The molecule has 0 unspecified atom stereocenters. The fourth-order valence-corrected chi connectivity index (χ4v) is 2.60. The summed E-state index contributed by atoms with van der Waals surface area (Å²) in [6, 6.07) is 14.9. The normalized spacial score (nSPS) is 11.5. The van der Waals surface area contributed by atoms with Crippen molar-refractivity contribution < 1.29 is 17.9 Å². The number of halogens is 3. The number of anilines is 4. The minimum absolute atomic E-state index is 0.00589. The quantitative estimate of drug-likeness (QED) is 0.517. The predicted octanol–water partition coefficient (Wildman–Crippen LogP) is 6.03. The van der Waals surface area contributed by atoms with Gasteiger partial charge in [0.1, 0.15) is 22.7 Å². The Kier molecular flexibility index (Phi) is 6.02. The second kappa shape index (κ2) is 8.52. The lowest BCUT2D eigenvalue weighted by Gasteiger charge is -2.21. The number of nitrogens with zero attached hydrogens (tertiary/aromatic N) is 3. The highest BCUT2D eigenvalue weighted by molar-refractivity contribution is 5.63. The highest BCUT2D eigenvalue weighted by atomic mass is 19.4. The van der Waals surface area contributed by atoms with Gasteiger partial charge in [-0.1, -0.05) is 0 Å². The van der Waals surface area contributed by atoms with Crippen LogP contribution < -0.4 is 15.4 Å². The first-order valence-corrected chi connectivity index (χ1v) is 9.31. The summed E-state index contributed by atoms with van der Waals surface area (Å²) in [5, 5.41) is 14.4. The molecule has 1 heterocycles. The SMILES string of the molecule is CC(C)(C)Oc1ccc(Nc2ncc(C(F)(F)F)c(Nc3ccc(C#N)cc3)n2)cc1. The van der Waals surface area contributed by atoms with E-state index in [0.717, 1.165) is 6.20 Å². The van der Waals surface area contributed by atoms with Crippen molar-refractivity contribution in [2.75, 3.05) is 10.6 Å². The van der Waals surface area contributed by atoms with Crippen LogP contribution in [0.5, 0.6) is 5.75 Å². The van der Waals surface area contributed by atoms with E-state index >= 15 is 0 Å². The van der Waals surface area contributed by atoms with Gasteiger partial charge in [-0.25, -0.2) is 4.98 Å². The molecule has 0 atom stereocenters. The number of alkyl halides is 3. The van der Waals surface area contributed by atoms with E-state index in [-0.39, 0.29) is 11.5 Å². The van der Waals surface area contributed by atoms with E-state index in [4.69, 9.17) is 10.00 Å². The molecule has 3 rings (SSSR count). The number of ether oxygens (including phenoxy) is 1. The summed E-state index contributed by atoms with van der Waals surface area (Å²) >= 11 is 0. The molecule has 0 aliphatic rings. The number of hydrogen-bond acceptors (Lipinski definition) is 6. The number of hydrogen-bond donors (Lipinski definition) is 2. The maximum absolute atomic E-state index is 13.4. The Morgan fingerprint density at radius 1 is 0.903 bits per heavy atom. The molecule has 9 heteroatoms. The number of benzene rings is 2. The lowest BCUT2D eigenvalue weighted by Crippen LogP contribution is -2.22. The second-order valence-electron chi connectivity index (χ2n) is 7.63. The van der Waals surface area contributed by atoms with Crippen molar-refractivity contribution in [2.24, 2.45) is 0 Å². The molecular formula is C22H20F3N5O. The second-order valence-corrected chi connectivity index (χ2v) is 7.63. The molecule has 0 radical (unpaired) electrons. The molecule has 2 aromatic carbocycles. The van der Waals surface area contributed by atoms with Crippen LogP contribution in [0.1, 0.15) is 31.9 Å². The molecular weight excluding hydrogens is 407 g/mol. The summed E-state index contributed by atoms with van der Waals surface area (Å²) in [6.45, 7) is 5.78. The Bertz CT molecular complexity index is 1080. The molecule has 3 aromatic rings. The number of nitriles is 1. The molecule has 160 valence electrons. The van der Waals surface area contributed by atoms with Crippen LogP contribution in [0.2, 0.25) is 0 Å². The number of nitrogens with one attached hydrogen (secondary N) is 2. The standard InChI is InChI=1S/C22H20F3N5O/c1-21(2,3)31-17-10-8-16(9-11-17)29-20-27-13-18(22(23,24)25)19(30-20)28-15-6-4-14(12-26)5-7-15/h4-11,13H,1-3H3,(H2,27,28,29,30). The molecule has 0 bridgehead atoms. The van der Waals surface area contributed by atoms with E-state index in [2.05, 4.69) is 20.6 Å². The molecule has 2 N–H and O–H groups in total. The molecule has 0 aliphatic heterocycles. The van der Waals surface area contributed by atoms with E-state index in [9.17, 15) is 13.2 Å². The average molecular weight is 427 g/mol. The van der Waals surface area contributed by atoms with Gasteiger partial charge >= 0.3 is 6.18 Å². The Morgan fingerprint density at radius 2 is 1.48 bits per heavy atom. The van der Waals surface area contributed by atoms with Gasteiger partial charge < -0.3 is 15.4 Å². The number of aromatic nitrogens is 2. The van der Waals surface area contributed by atoms with Gasteiger partial charge in [-0.3, -0.25) is 0 Å². The lowest BCUT2D eigenvalue weighted by molar-refractivity contribution is -0.137. The molecule has 31 heavy (non-hydrogen) atoms. The van der Waals surface area contributed by atoms with E-state index in [1.807, 2.05) is 26.8 Å². The van der Waals surface area contributed by atoms with Gasteiger partial charge in [0.2, 0.25) is 5.95 Å². The molecule has 0 fully saturated rings. The Morgan fingerprint density at radius 3 is 2.03 bits per heavy atom. The molecule has 6 nitrogen and oxygen atoms in total. The Labute approximate surface area is 177 Å². The van der Waals surface area contributed by atoms with E-state index in [1.54, 1.807) is 24.3 Å². The summed E-state index contributed by atoms with van der Waals surface area (Å²) < 4.78 is 46.0. The summed E-state index contributed by atoms with van der Waals surface area (Å²) in [5.74, 6) is 0.255. The lowest BCUT2D eigenvalue weighted by atomic mass is 10.2. The van der Waals surface area contributed by atoms with E-state index in [0.29, 0.717) is 22.7 Å².